The van der Waals surface area contributed by atoms with Gasteiger partial charge in [-0.15, -0.1) is 12.4 Å². The van der Waals surface area contributed by atoms with E-state index >= 15 is 0 Å². The fraction of sp³-hybridized carbons (Fsp3) is 0.135. The molecule has 6 aromatic rings. The lowest BCUT2D eigenvalue weighted by atomic mass is 9.97. The van der Waals surface area contributed by atoms with E-state index in [2.05, 4.69) is 4.98 Å². The van der Waals surface area contributed by atoms with E-state index in [4.69, 9.17) is 21.3 Å². The number of fused-ring (bicyclic) bond motifs is 1. The molecule has 0 radical (unpaired) electrons. The molecule has 3 heterocycles. The minimum Gasteiger partial charge on any atom is -0.489 e. The first-order chi connectivity index (χ1) is 22.4. The molecule has 0 saturated carbocycles. The topological polar surface area (TPSA) is 97.5 Å². The van der Waals surface area contributed by atoms with E-state index in [9.17, 15) is 14.7 Å². The quantitative estimate of drug-likeness (QED) is 0.176. The highest BCUT2D eigenvalue weighted by atomic mass is 35.5. The Labute approximate surface area is 282 Å². The zero-order valence-corrected chi connectivity index (χ0v) is 26.7. The Balaban J connectivity index is 0.00000386. The number of halogens is 2. The fourth-order valence-corrected chi connectivity index (χ4v) is 5.94. The summed E-state index contributed by atoms with van der Waals surface area (Å²) in [5, 5.41) is 10.1. The molecule has 0 aliphatic carbocycles. The molecule has 0 spiro atoms. The molecule has 0 unspecified atom stereocenters. The van der Waals surface area contributed by atoms with Crippen molar-refractivity contribution < 1.29 is 19.4 Å². The average Bonchev–Trinajstić information content (AvgIpc) is 3.77. The number of benzene rings is 4. The number of nitrogens with zero attached hydrogens (tertiary/aromatic N) is 4. The van der Waals surface area contributed by atoms with Gasteiger partial charge < -0.3 is 14.7 Å². The van der Waals surface area contributed by atoms with Gasteiger partial charge in [0.25, 0.3) is 5.91 Å². The zero-order valence-electron chi connectivity index (χ0n) is 25.2. The second-order valence-electron chi connectivity index (χ2n) is 11.2. The van der Waals surface area contributed by atoms with Gasteiger partial charge in [-0.2, -0.15) is 0 Å². The molecule has 8 nitrogen and oxygen atoms in total. The molecule has 1 fully saturated rings. The van der Waals surface area contributed by atoms with Gasteiger partial charge in [-0.1, -0.05) is 48.0 Å². The van der Waals surface area contributed by atoms with Crippen LogP contribution in [0.25, 0.3) is 39.4 Å². The number of carbonyl (C=O) groups excluding carboxylic acids is 1. The summed E-state index contributed by atoms with van der Waals surface area (Å²) in [7, 11) is 0. The van der Waals surface area contributed by atoms with Gasteiger partial charge in [-0.25, -0.2) is 14.8 Å². The molecule has 1 N–H and O–H groups in total. The highest BCUT2D eigenvalue weighted by Crippen LogP contribution is 2.31. The molecular weight excluding hydrogens is 635 g/mol. The molecule has 47 heavy (non-hydrogen) atoms. The minimum absolute atomic E-state index is 0. The lowest BCUT2D eigenvalue weighted by Gasteiger charge is -2.18. The van der Waals surface area contributed by atoms with E-state index in [1.165, 1.54) is 12.3 Å². The third-order valence-corrected chi connectivity index (χ3v) is 8.42. The number of carboxylic acids is 1. The molecule has 1 aliphatic rings. The van der Waals surface area contributed by atoms with Gasteiger partial charge in [0, 0.05) is 41.1 Å². The first-order valence-corrected chi connectivity index (χ1v) is 15.4. The largest absolute Gasteiger partial charge is 0.489 e. The number of ether oxygens (including phenoxy) is 1. The first kappa shape index (κ1) is 31.8. The number of carbonyl (C=O) groups is 2. The van der Waals surface area contributed by atoms with Crippen molar-refractivity contribution in [3.05, 3.63) is 131 Å². The molecule has 236 valence electrons. The Morgan fingerprint density at radius 3 is 2.23 bits per heavy atom. The van der Waals surface area contributed by atoms with E-state index in [1.54, 1.807) is 0 Å². The summed E-state index contributed by atoms with van der Waals surface area (Å²) in [6.07, 6.45) is 3.41. The number of aromatic nitrogens is 3. The maximum atomic E-state index is 13.2. The van der Waals surface area contributed by atoms with Crippen molar-refractivity contribution in [2.75, 3.05) is 13.1 Å². The monoisotopic (exact) mass is 664 g/mol. The third kappa shape index (κ3) is 6.56. The number of para-hydroxylation sites is 1. The molecule has 1 saturated heterocycles. The zero-order chi connectivity index (χ0) is 31.6. The molecule has 2 aromatic heterocycles. The van der Waals surface area contributed by atoms with E-state index in [1.807, 2.05) is 107 Å². The van der Waals surface area contributed by atoms with Crippen molar-refractivity contribution in [1.82, 2.24) is 19.4 Å². The number of pyridine rings is 1. The van der Waals surface area contributed by atoms with Gasteiger partial charge >= 0.3 is 5.97 Å². The van der Waals surface area contributed by atoms with E-state index in [0.29, 0.717) is 33.3 Å². The van der Waals surface area contributed by atoms with Crippen molar-refractivity contribution in [2.45, 2.75) is 19.4 Å². The molecular formula is C37H30Cl2N4O4. The van der Waals surface area contributed by atoms with Crippen LogP contribution in [0.15, 0.2) is 109 Å². The highest BCUT2D eigenvalue weighted by molar-refractivity contribution is 6.30. The first-order valence-electron chi connectivity index (χ1n) is 15.0. The Hall–Kier alpha value is -5.18. The molecule has 10 heteroatoms. The van der Waals surface area contributed by atoms with Crippen molar-refractivity contribution in [3.8, 4) is 34.0 Å². The number of rotatable bonds is 8. The van der Waals surface area contributed by atoms with E-state index in [0.717, 1.165) is 53.9 Å². The average molecular weight is 666 g/mol. The van der Waals surface area contributed by atoms with Crippen molar-refractivity contribution in [1.29, 1.82) is 0 Å². The second kappa shape index (κ2) is 13.7. The van der Waals surface area contributed by atoms with Crippen LogP contribution in [-0.2, 0) is 6.61 Å². The third-order valence-electron chi connectivity index (χ3n) is 8.17. The van der Waals surface area contributed by atoms with Gasteiger partial charge in [0.2, 0.25) is 0 Å². The van der Waals surface area contributed by atoms with Crippen molar-refractivity contribution in [2.24, 2.45) is 0 Å². The van der Waals surface area contributed by atoms with E-state index in [-0.39, 0.29) is 30.5 Å². The van der Waals surface area contributed by atoms with Crippen LogP contribution in [0.3, 0.4) is 0 Å². The molecule has 7 rings (SSSR count). The van der Waals surface area contributed by atoms with Gasteiger partial charge in [0.15, 0.2) is 5.65 Å². The van der Waals surface area contributed by atoms with E-state index < -0.39 is 5.97 Å². The van der Waals surface area contributed by atoms with Crippen LogP contribution in [0, 0.1) is 0 Å². The maximum Gasteiger partial charge on any atom is 0.337 e. The summed E-state index contributed by atoms with van der Waals surface area (Å²) in [6.45, 7) is 1.82. The number of aromatic carboxylic acids is 1. The van der Waals surface area contributed by atoms with Crippen LogP contribution in [-0.4, -0.2) is 49.5 Å². The summed E-state index contributed by atoms with van der Waals surface area (Å²) >= 11 is 6.16. The summed E-state index contributed by atoms with van der Waals surface area (Å²) in [4.78, 5) is 35.9. The standard InChI is InChI=1S/C37H29ClN4O4.ClH/c38-29-13-8-24(9-14-29)32-17-12-26(36(43)41-18-4-5-19-41)20-28(32)23-46-31-15-10-25(11-16-31)34-40-33-21-27(37(44)45)22-39-35(33)42(34)30-6-2-1-3-7-30;/h1-3,6-17,20-22H,4-5,18-19,23H2,(H,44,45);1H. The number of imidazole rings is 1. The van der Waals surface area contributed by atoms with Crippen LogP contribution >= 0.6 is 24.0 Å². The number of likely N-dealkylation sites (tertiary alicyclic amines) is 1. The maximum absolute atomic E-state index is 13.2. The van der Waals surface area contributed by atoms with Crippen LogP contribution in [0.2, 0.25) is 5.02 Å². The summed E-state index contributed by atoms with van der Waals surface area (Å²) < 4.78 is 8.20. The lowest BCUT2D eigenvalue weighted by molar-refractivity contribution is 0.0695. The molecule has 1 amide bonds. The Kier molecular flexibility index (Phi) is 9.24. The summed E-state index contributed by atoms with van der Waals surface area (Å²) in [5.74, 6) is 0.255. The Bertz CT molecular complexity index is 2060. The summed E-state index contributed by atoms with van der Waals surface area (Å²) in [6, 6.07) is 32.2. The minimum atomic E-state index is -1.06. The van der Waals surface area contributed by atoms with Crippen molar-refractivity contribution in [3.63, 3.8) is 0 Å². The highest BCUT2D eigenvalue weighted by Gasteiger charge is 2.21. The predicted molar refractivity (Wildman–Crippen MR) is 185 cm³/mol. The number of amides is 1. The van der Waals surface area contributed by atoms with Crippen molar-refractivity contribution >= 4 is 47.0 Å². The fourth-order valence-electron chi connectivity index (χ4n) is 5.82. The Morgan fingerprint density at radius 1 is 0.830 bits per heavy atom. The van der Waals surface area contributed by atoms with Gasteiger partial charge in [0.05, 0.1) is 5.56 Å². The predicted octanol–water partition coefficient (Wildman–Crippen LogP) is 8.34. The smallest absolute Gasteiger partial charge is 0.337 e. The van der Waals surface area contributed by atoms with Crippen LogP contribution in [0.5, 0.6) is 5.75 Å². The molecule has 0 bridgehead atoms. The van der Waals surface area contributed by atoms with Crippen LogP contribution in [0.1, 0.15) is 39.1 Å². The SMILES string of the molecule is Cl.O=C(O)c1cnc2c(c1)nc(-c1ccc(OCc3cc(C(=O)N4CCCC4)ccc3-c3ccc(Cl)cc3)cc1)n2-c1ccccc1. The van der Waals surface area contributed by atoms with Gasteiger partial charge in [-0.05, 0) is 96.3 Å². The molecule has 0 atom stereocenters. The number of hydrogen-bond donors (Lipinski definition) is 1. The van der Waals surface area contributed by atoms with Crippen LogP contribution in [0.4, 0.5) is 0 Å². The van der Waals surface area contributed by atoms with Gasteiger partial charge in [0.1, 0.15) is 23.7 Å². The molecule has 1 aliphatic heterocycles. The Morgan fingerprint density at radius 2 is 1.53 bits per heavy atom. The number of carboxylic acid groups (broad SMARTS) is 1. The lowest BCUT2D eigenvalue weighted by Crippen LogP contribution is -2.27. The second-order valence-corrected chi connectivity index (χ2v) is 11.6. The number of hydrogen-bond acceptors (Lipinski definition) is 5. The normalized spacial score (nSPS) is 12.6. The molecule has 4 aromatic carbocycles. The van der Waals surface area contributed by atoms with Gasteiger partial charge in [-0.3, -0.25) is 9.36 Å². The summed E-state index contributed by atoms with van der Waals surface area (Å²) in [5.41, 5.74) is 6.27. The van der Waals surface area contributed by atoms with Crippen LogP contribution < -0.4 is 4.74 Å².